The molecule has 1 aromatic carbocycles. The Kier molecular flexibility index (Phi) is 5.54. The van der Waals surface area contributed by atoms with Gasteiger partial charge in [-0.2, -0.15) is 0 Å². The van der Waals surface area contributed by atoms with Gasteiger partial charge in [0.15, 0.2) is 0 Å². The Balaban J connectivity index is 3.47. The minimum Gasteiger partial charge on any atom is -0.442 e. The fourth-order valence-electron chi connectivity index (χ4n) is 1.60. The third-order valence-corrected chi connectivity index (χ3v) is 2.84. The van der Waals surface area contributed by atoms with Crippen molar-refractivity contribution in [2.45, 2.75) is 5.92 Å². The van der Waals surface area contributed by atoms with E-state index < -0.39 is 65.7 Å². The van der Waals surface area contributed by atoms with Gasteiger partial charge in [0.25, 0.3) is 23.7 Å². The summed E-state index contributed by atoms with van der Waals surface area (Å²) in [6.45, 7) is -2.18. The second-order valence-corrected chi connectivity index (χ2v) is 4.44. The van der Waals surface area contributed by atoms with Gasteiger partial charge in [-0.15, -0.1) is 0 Å². The maximum Gasteiger partial charge on any atom is 0.648 e. The van der Waals surface area contributed by atoms with Gasteiger partial charge in [-0.05, 0) is 0 Å². The zero-order chi connectivity index (χ0) is 21.1. The zero-order valence-electron chi connectivity index (χ0n) is 12.4. The number of carbonyl (C=O) groups is 1. The molecule has 0 fully saturated rings. The highest BCUT2D eigenvalue weighted by Crippen LogP contribution is 2.34. The van der Waals surface area contributed by atoms with E-state index in [1.165, 1.54) is 0 Å². The molecule has 0 bridgehead atoms. The molecule has 0 spiro atoms. The van der Waals surface area contributed by atoms with E-state index in [-0.39, 0.29) is 12.1 Å². The van der Waals surface area contributed by atoms with E-state index in [0.29, 0.717) is 0 Å². The van der Waals surface area contributed by atoms with Gasteiger partial charge in [-0.25, -0.2) is 4.79 Å². The molecule has 0 aliphatic rings. The van der Waals surface area contributed by atoms with Crippen molar-refractivity contribution in [3.8, 4) is 0 Å². The van der Waals surface area contributed by atoms with Gasteiger partial charge < -0.3 is 4.74 Å². The van der Waals surface area contributed by atoms with Gasteiger partial charge in [0, 0.05) is 0 Å². The first-order valence-corrected chi connectivity index (χ1v) is 6.09. The van der Waals surface area contributed by atoms with Crippen LogP contribution >= 0.6 is 0 Å². The predicted octanol–water partition coefficient (Wildman–Crippen LogP) is 0.745. The lowest BCUT2D eigenvalue weighted by Gasteiger charge is -2.09. The Hall–Kier alpha value is -4.38. The molecule has 18 heteroatoms. The molecule has 1 aromatic rings. The number of benzene rings is 1. The predicted molar refractivity (Wildman–Crippen MR) is 74.5 cm³/mol. The summed E-state index contributed by atoms with van der Waals surface area (Å²) < 4.78 is 17.5. The van der Waals surface area contributed by atoms with E-state index in [4.69, 9.17) is 0 Å². The van der Waals surface area contributed by atoms with Gasteiger partial charge in [0.1, 0.15) is 9.85 Å². The molecule has 0 aliphatic heterocycles. The molecule has 0 aliphatic carbocycles. The lowest BCUT2D eigenvalue weighted by atomic mass is 10.1. The van der Waals surface area contributed by atoms with Crippen molar-refractivity contribution in [3.05, 3.63) is 68.3 Å². The average molecular weight is 393 g/mol. The minimum absolute atomic E-state index is 0.146. The van der Waals surface area contributed by atoms with Crippen LogP contribution in [-0.2, 0) is 4.74 Å². The first-order valence-electron chi connectivity index (χ1n) is 6.09. The molecule has 0 amide bonds. The van der Waals surface area contributed by atoms with Crippen LogP contribution in [0.1, 0.15) is 10.4 Å². The number of nitro groups is 5. The Morgan fingerprint density at radius 2 is 1.30 bits per heavy atom. The molecule has 0 N–H and O–H groups in total. The molecular formula is C9H4FN5O12. The van der Waals surface area contributed by atoms with Crippen molar-refractivity contribution < 1.29 is 38.5 Å². The van der Waals surface area contributed by atoms with Gasteiger partial charge >= 0.3 is 11.9 Å². The van der Waals surface area contributed by atoms with Crippen molar-refractivity contribution in [1.29, 1.82) is 0 Å². The standard InChI is InChI=1S/C9H4FN5O12/c10-9(14(23)24,15(25)26)3-27-8(16)7-5(12(19)20)1-4(11(17)18)2-6(7)13(21)22/h1-2H,3H2. The molecule has 0 saturated heterocycles. The first-order chi connectivity index (χ1) is 12.3. The monoisotopic (exact) mass is 393 g/mol. The maximum atomic E-state index is 13.6. The van der Waals surface area contributed by atoms with Crippen molar-refractivity contribution in [2.75, 3.05) is 6.61 Å². The molecular weight excluding hydrogens is 389 g/mol. The number of halogens is 1. The summed E-state index contributed by atoms with van der Waals surface area (Å²) in [7, 11) is 0. The summed E-state index contributed by atoms with van der Waals surface area (Å²) in [6.07, 6.45) is 0. The Labute approximate surface area is 143 Å². The van der Waals surface area contributed by atoms with Crippen molar-refractivity contribution in [3.63, 3.8) is 0 Å². The molecule has 144 valence electrons. The SMILES string of the molecule is O=C(OCC(F)([N+](=O)[O-])[N+](=O)[O-])c1c([N+](=O)[O-])cc([N+](=O)[O-])cc1[N+](=O)[O-]. The summed E-state index contributed by atoms with van der Waals surface area (Å²) >= 11 is 0. The van der Waals surface area contributed by atoms with E-state index in [0.717, 1.165) is 0 Å². The number of alkyl halides is 1. The van der Waals surface area contributed by atoms with E-state index in [1.807, 2.05) is 0 Å². The number of nitro benzene ring substituents is 3. The van der Waals surface area contributed by atoms with Crippen molar-refractivity contribution in [1.82, 2.24) is 0 Å². The second kappa shape index (κ2) is 7.25. The highest BCUT2D eigenvalue weighted by atomic mass is 19.2. The zero-order valence-corrected chi connectivity index (χ0v) is 12.4. The van der Waals surface area contributed by atoms with Gasteiger partial charge in [-0.3, -0.25) is 50.6 Å². The number of rotatable bonds is 8. The van der Waals surface area contributed by atoms with Crippen LogP contribution < -0.4 is 0 Å². The Bertz CT molecular complexity index is 835. The number of ether oxygens (including phenoxy) is 1. The summed E-state index contributed by atoms with van der Waals surface area (Å²) in [5.74, 6) is -6.64. The minimum atomic E-state index is -4.53. The van der Waals surface area contributed by atoms with Crippen molar-refractivity contribution in [2.24, 2.45) is 0 Å². The number of hydrogen-bond donors (Lipinski definition) is 0. The smallest absolute Gasteiger partial charge is 0.442 e. The van der Waals surface area contributed by atoms with Gasteiger partial charge in [-0.1, -0.05) is 4.39 Å². The first kappa shape index (κ1) is 20.7. The molecule has 1 rings (SSSR count). The van der Waals surface area contributed by atoms with E-state index in [2.05, 4.69) is 4.74 Å². The molecule has 0 heterocycles. The highest BCUT2D eigenvalue weighted by molar-refractivity contribution is 5.99. The number of non-ortho nitro benzene ring substituents is 1. The normalized spacial score (nSPS) is 10.7. The lowest BCUT2D eigenvalue weighted by Crippen LogP contribution is -2.46. The number of nitrogens with zero attached hydrogens (tertiary/aromatic N) is 5. The molecule has 0 radical (unpaired) electrons. The van der Waals surface area contributed by atoms with Crippen LogP contribution in [-0.4, -0.2) is 43.1 Å². The summed E-state index contributed by atoms with van der Waals surface area (Å²) in [5, 5.41) is 53.4. The third kappa shape index (κ3) is 4.00. The number of hydrogen-bond acceptors (Lipinski definition) is 12. The van der Waals surface area contributed by atoms with Crippen LogP contribution in [0, 0.1) is 50.6 Å². The van der Waals surface area contributed by atoms with Crippen LogP contribution in [0.4, 0.5) is 21.5 Å². The molecule has 0 atom stereocenters. The van der Waals surface area contributed by atoms with Crippen LogP contribution in [0.2, 0.25) is 0 Å². The molecule has 0 unspecified atom stereocenters. The molecule has 17 nitrogen and oxygen atoms in total. The van der Waals surface area contributed by atoms with Gasteiger partial charge in [0.2, 0.25) is 5.56 Å². The Morgan fingerprint density at radius 3 is 1.59 bits per heavy atom. The third-order valence-electron chi connectivity index (χ3n) is 2.84. The largest absolute Gasteiger partial charge is 0.648 e. The summed E-state index contributed by atoms with van der Waals surface area (Å²) in [4.78, 5) is 56.9. The highest BCUT2D eigenvalue weighted by Gasteiger charge is 2.60. The summed E-state index contributed by atoms with van der Waals surface area (Å²) in [5.41, 5.74) is -5.69. The van der Waals surface area contributed by atoms with E-state index in [1.54, 1.807) is 0 Å². The van der Waals surface area contributed by atoms with Crippen LogP contribution in [0.5, 0.6) is 0 Å². The fourth-order valence-corrected chi connectivity index (χ4v) is 1.60. The van der Waals surface area contributed by atoms with E-state index >= 15 is 0 Å². The van der Waals surface area contributed by atoms with E-state index in [9.17, 15) is 59.8 Å². The van der Waals surface area contributed by atoms with Crippen molar-refractivity contribution >= 4 is 23.0 Å². The Morgan fingerprint density at radius 1 is 0.889 bits per heavy atom. The fraction of sp³-hybridized carbons (Fsp3) is 0.222. The summed E-state index contributed by atoms with van der Waals surface area (Å²) in [6, 6.07) is 0.292. The quantitative estimate of drug-likeness (QED) is 0.195. The van der Waals surface area contributed by atoms with Crippen LogP contribution in [0.3, 0.4) is 0 Å². The molecule has 0 aromatic heterocycles. The molecule has 0 saturated carbocycles. The second-order valence-electron chi connectivity index (χ2n) is 4.44. The number of carbonyl (C=O) groups excluding carboxylic acids is 1. The average Bonchev–Trinajstić information content (AvgIpc) is 2.57. The topological polar surface area (TPSA) is 242 Å². The molecule has 27 heavy (non-hydrogen) atoms. The van der Waals surface area contributed by atoms with Crippen LogP contribution in [0.15, 0.2) is 12.1 Å². The lowest BCUT2D eigenvalue weighted by molar-refractivity contribution is -0.832. The van der Waals surface area contributed by atoms with Crippen LogP contribution in [0.25, 0.3) is 0 Å². The van der Waals surface area contributed by atoms with Gasteiger partial charge in [0.05, 0.1) is 26.9 Å². The maximum absolute atomic E-state index is 13.6. The number of esters is 1.